The molecule has 0 unspecified atom stereocenters. The Balaban J connectivity index is 1.55. The number of guanidine groups is 1. The molecule has 1 aromatic heterocycles. The summed E-state index contributed by atoms with van der Waals surface area (Å²) in [4.78, 5) is 11.2. The quantitative estimate of drug-likeness (QED) is 0.576. The van der Waals surface area contributed by atoms with Crippen LogP contribution in [0.15, 0.2) is 41.4 Å². The van der Waals surface area contributed by atoms with Crippen LogP contribution in [0.4, 0.5) is 5.82 Å². The summed E-state index contributed by atoms with van der Waals surface area (Å²) in [6, 6.07) is 12.0. The summed E-state index contributed by atoms with van der Waals surface area (Å²) in [5, 5.41) is 6.65. The number of aliphatic imine (C=N–C) groups is 1. The first-order valence-electron chi connectivity index (χ1n) is 9.19. The molecular formula is C20H27N5O2. The maximum atomic E-state index is 5.43. The molecule has 0 saturated heterocycles. The van der Waals surface area contributed by atoms with E-state index in [1.54, 1.807) is 0 Å². The second-order valence-electron chi connectivity index (χ2n) is 6.44. The van der Waals surface area contributed by atoms with Crippen molar-refractivity contribution in [2.45, 2.75) is 19.9 Å². The van der Waals surface area contributed by atoms with Crippen LogP contribution < -0.4 is 25.0 Å². The molecule has 27 heavy (non-hydrogen) atoms. The zero-order valence-corrected chi connectivity index (χ0v) is 16.2. The average Bonchev–Trinajstić information content (AvgIpc) is 3.14. The van der Waals surface area contributed by atoms with Gasteiger partial charge >= 0.3 is 0 Å². The Hall–Kier alpha value is -2.96. The molecule has 0 radical (unpaired) electrons. The highest BCUT2D eigenvalue weighted by Gasteiger charge is 2.12. The molecule has 2 N–H and O–H groups in total. The van der Waals surface area contributed by atoms with Gasteiger partial charge < -0.3 is 25.0 Å². The highest BCUT2D eigenvalue weighted by Crippen LogP contribution is 2.32. The van der Waals surface area contributed by atoms with Crippen LogP contribution in [0.5, 0.6) is 11.5 Å². The van der Waals surface area contributed by atoms with Crippen LogP contribution in [0.25, 0.3) is 0 Å². The van der Waals surface area contributed by atoms with Crippen molar-refractivity contribution in [3.63, 3.8) is 0 Å². The van der Waals surface area contributed by atoms with Gasteiger partial charge in [0.25, 0.3) is 0 Å². The largest absolute Gasteiger partial charge is 0.454 e. The molecule has 0 fully saturated rings. The number of nitrogens with one attached hydrogen (secondary N) is 2. The smallest absolute Gasteiger partial charge is 0.231 e. The predicted molar refractivity (Wildman–Crippen MR) is 108 cm³/mol. The molecule has 0 atom stereocenters. The average molecular weight is 369 g/mol. The van der Waals surface area contributed by atoms with E-state index >= 15 is 0 Å². The van der Waals surface area contributed by atoms with E-state index in [1.807, 2.05) is 49.3 Å². The molecule has 0 amide bonds. The molecule has 1 aromatic carbocycles. The van der Waals surface area contributed by atoms with Gasteiger partial charge in [0.1, 0.15) is 5.82 Å². The fourth-order valence-corrected chi connectivity index (χ4v) is 2.73. The third-order valence-electron chi connectivity index (χ3n) is 4.14. The van der Waals surface area contributed by atoms with E-state index in [0.717, 1.165) is 48.5 Å². The number of hydrogen-bond donors (Lipinski definition) is 2. The summed E-state index contributed by atoms with van der Waals surface area (Å²) >= 11 is 0. The molecular weight excluding hydrogens is 342 g/mol. The lowest BCUT2D eigenvalue weighted by Gasteiger charge is -2.13. The molecule has 3 rings (SSSR count). The normalized spacial score (nSPS) is 12.8. The molecule has 2 aromatic rings. The van der Waals surface area contributed by atoms with Crippen LogP contribution in [-0.2, 0) is 13.0 Å². The van der Waals surface area contributed by atoms with Gasteiger partial charge in [-0.25, -0.2) is 9.98 Å². The zero-order chi connectivity index (χ0) is 19.1. The van der Waals surface area contributed by atoms with Gasteiger partial charge in [-0.05, 0) is 43.2 Å². The summed E-state index contributed by atoms with van der Waals surface area (Å²) in [6.07, 6.45) is 0.870. The molecule has 7 nitrogen and oxygen atoms in total. The van der Waals surface area contributed by atoms with E-state index in [4.69, 9.17) is 9.47 Å². The fraction of sp³-hybridized carbons (Fsp3) is 0.400. The lowest BCUT2D eigenvalue weighted by Crippen LogP contribution is -2.38. The summed E-state index contributed by atoms with van der Waals surface area (Å²) in [5.41, 5.74) is 2.14. The SMILES string of the molecule is CCNC(=NCc1cccc(N(C)C)n1)NCCc1ccc2c(c1)OCO2. The highest BCUT2D eigenvalue weighted by molar-refractivity contribution is 5.79. The Labute approximate surface area is 160 Å². The maximum absolute atomic E-state index is 5.43. The number of rotatable bonds is 7. The van der Waals surface area contributed by atoms with Gasteiger partial charge in [0.15, 0.2) is 17.5 Å². The topological polar surface area (TPSA) is 71.0 Å². The van der Waals surface area contributed by atoms with Gasteiger partial charge in [0.05, 0.1) is 12.2 Å². The van der Waals surface area contributed by atoms with Crippen molar-refractivity contribution < 1.29 is 9.47 Å². The van der Waals surface area contributed by atoms with Crippen LogP contribution in [0.3, 0.4) is 0 Å². The van der Waals surface area contributed by atoms with Crippen molar-refractivity contribution in [2.24, 2.45) is 4.99 Å². The minimum Gasteiger partial charge on any atom is -0.454 e. The number of ether oxygens (including phenoxy) is 2. The van der Waals surface area contributed by atoms with Gasteiger partial charge in [-0.2, -0.15) is 0 Å². The number of benzene rings is 1. The number of pyridine rings is 1. The Morgan fingerprint density at radius 3 is 2.81 bits per heavy atom. The van der Waals surface area contributed by atoms with Gasteiger partial charge in [0.2, 0.25) is 6.79 Å². The second-order valence-corrected chi connectivity index (χ2v) is 6.44. The number of anilines is 1. The Morgan fingerprint density at radius 1 is 1.15 bits per heavy atom. The minimum absolute atomic E-state index is 0.303. The standard InChI is InChI=1S/C20H27N5O2/c1-4-21-20(23-13-16-6-5-7-19(24-16)25(2)3)22-11-10-15-8-9-17-18(12-15)27-14-26-17/h5-9,12H,4,10-11,13-14H2,1-3H3,(H2,21,22,23). The van der Waals surface area contributed by atoms with Crippen molar-refractivity contribution >= 4 is 11.8 Å². The van der Waals surface area contributed by atoms with Gasteiger partial charge in [0, 0.05) is 27.2 Å². The Kier molecular flexibility index (Phi) is 6.35. The first-order valence-corrected chi connectivity index (χ1v) is 9.19. The molecule has 1 aliphatic heterocycles. The fourth-order valence-electron chi connectivity index (χ4n) is 2.73. The molecule has 0 bridgehead atoms. The summed E-state index contributed by atoms with van der Waals surface area (Å²) in [7, 11) is 3.97. The second kappa shape index (κ2) is 9.12. The van der Waals surface area contributed by atoms with Gasteiger partial charge in [-0.3, -0.25) is 0 Å². The van der Waals surface area contributed by atoms with E-state index in [9.17, 15) is 0 Å². The van der Waals surface area contributed by atoms with Crippen molar-refractivity contribution in [1.82, 2.24) is 15.6 Å². The van der Waals surface area contributed by atoms with E-state index in [1.165, 1.54) is 5.56 Å². The van der Waals surface area contributed by atoms with E-state index in [-0.39, 0.29) is 0 Å². The molecule has 144 valence electrons. The number of nitrogens with zero attached hydrogens (tertiary/aromatic N) is 3. The Bertz CT molecular complexity index is 792. The third-order valence-corrected chi connectivity index (χ3v) is 4.14. The van der Waals surface area contributed by atoms with Gasteiger partial charge in [-0.15, -0.1) is 0 Å². The number of hydrogen-bond acceptors (Lipinski definition) is 5. The lowest BCUT2D eigenvalue weighted by atomic mass is 10.1. The van der Waals surface area contributed by atoms with Crippen molar-refractivity contribution in [2.75, 3.05) is 38.9 Å². The Morgan fingerprint density at radius 2 is 2.00 bits per heavy atom. The molecule has 7 heteroatoms. The minimum atomic E-state index is 0.303. The summed E-state index contributed by atoms with van der Waals surface area (Å²) in [5.74, 6) is 3.35. The molecule has 0 saturated carbocycles. The van der Waals surface area contributed by atoms with E-state index in [2.05, 4.69) is 33.6 Å². The first kappa shape index (κ1) is 18.8. The third kappa shape index (κ3) is 5.26. The van der Waals surface area contributed by atoms with Crippen LogP contribution in [0.1, 0.15) is 18.2 Å². The molecule has 2 heterocycles. The number of fused-ring (bicyclic) bond motifs is 1. The van der Waals surface area contributed by atoms with Crippen LogP contribution in [-0.4, -0.2) is 44.9 Å². The lowest BCUT2D eigenvalue weighted by molar-refractivity contribution is 0.174. The van der Waals surface area contributed by atoms with E-state index < -0.39 is 0 Å². The van der Waals surface area contributed by atoms with Crippen molar-refractivity contribution in [1.29, 1.82) is 0 Å². The number of aromatic nitrogens is 1. The first-order chi connectivity index (χ1) is 13.2. The highest BCUT2D eigenvalue weighted by atomic mass is 16.7. The van der Waals surface area contributed by atoms with Crippen LogP contribution in [0.2, 0.25) is 0 Å². The summed E-state index contributed by atoms with van der Waals surface area (Å²) in [6.45, 7) is 4.47. The predicted octanol–water partition coefficient (Wildman–Crippen LogP) is 2.17. The zero-order valence-electron chi connectivity index (χ0n) is 16.2. The molecule has 0 spiro atoms. The molecule has 0 aliphatic carbocycles. The summed E-state index contributed by atoms with van der Waals surface area (Å²) < 4.78 is 10.8. The van der Waals surface area contributed by atoms with Crippen LogP contribution in [0, 0.1) is 0 Å². The van der Waals surface area contributed by atoms with E-state index in [0.29, 0.717) is 13.3 Å². The van der Waals surface area contributed by atoms with Gasteiger partial charge in [-0.1, -0.05) is 12.1 Å². The van der Waals surface area contributed by atoms with Crippen LogP contribution >= 0.6 is 0 Å². The van der Waals surface area contributed by atoms with Crippen molar-refractivity contribution in [3.05, 3.63) is 47.7 Å². The molecule has 1 aliphatic rings. The monoisotopic (exact) mass is 369 g/mol. The van der Waals surface area contributed by atoms with Crippen molar-refractivity contribution in [3.8, 4) is 11.5 Å². The maximum Gasteiger partial charge on any atom is 0.231 e.